The second-order valence-electron chi connectivity index (χ2n) is 4.97. The van der Waals surface area contributed by atoms with Crippen molar-refractivity contribution in [1.82, 2.24) is 0 Å². The Kier molecular flexibility index (Phi) is 6.76. The molecule has 120 valence electrons. The largest absolute Gasteiger partial charge is 0.490 e. The molecule has 0 heterocycles. The molecule has 3 nitrogen and oxygen atoms in total. The standard InChI is InChI=1S/C18H17BrClNO2/c1-2-3-13-4-6-16(7-5-13)22-8-9-23-18-14(12-21)10-15(20)11-17(18)19/h4-7,10-11H,2-3,8-9H2,1H3. The van der Waals surface area contributed by atoms with E-state index in [0.717, 1.165) is 18.6 Å². The topological polar surface area (TPSA) is 42.2 Å². The summed E-state index contributed by atoms with van der Waals surface area (Å²) in [6, 6.07) is 13.4. The average Bonchev–Trinajstić information content (AvgIpc) is 2.54. The highest BCUT2D eigenvalue weighted by Gasteiger charge is 2.10. The summed E-state index contributed by atoms with van der Waals surface area (Å²) in [5, 5.41) is 9.62. The first-order valence-corrected chi connectivity index (χ1v) is 8.54. The highest BCUT2D eigenvalue weighted by Crippen LogP contribution is 2.32. The van der Waals surface area contributed by atoms with Gasteiger partial charge in [-0.1, -0.05) is 37.1 Å². The van der Waals surface area contributed by atoms with E-state index in [4.69, 9.17) is 26.3 Å². The molecule has 0 atom stereocenters. The maximum absolute atomic E-state index is 9.13. The van der Waals surface area contributed by atoms with Crippen LogP contribution in [0.2, 0.25) is 5.02 Å². The number of ether oxygens (including phenoxy) is 2. The van der Waals surface area contributed by atoms with Crippen LogP contribution in [0.4, 0.5) is 0 Å². The van der Waals surface area contributed by atoms with Crippen molar-refractivity contribution < 1.29 is 9.47 Å². The molecule has 0 amide bonds. The van der Waals surface area contributed by atoms with Gasteiger partial charge in [-0.05, 0) is 52.2 Å². The minimum atomic E-state index is 0.339. The molecule has 5 heteroatoms. The number of hydrogen-bond acceptors (Lipinski definition) is 3. The summed E-state index contributed by atoms with van der Waals surface area (Å²) in [5.41, 5.74) is 1.70. The lowest BCUT2D eigenvalue weighted by Gasteiger charge is -2.11. The van der Waals surface area contributed by atoms with Crippen LogP contribution >= 0.6 is 27.5 Å². The fourth-order valence-electron chi connectivity index (χ4n) is 2.13. The molecule has 0 aromatic heterocycles. The second kappa shape index (κ2) is 8.81. The predicted octanol–water partition coefficient (Wildman–Crippen LogP) is 5.38. The Morgan fingerprint density at radius 2 is 1.83 bits per heavy atom. The maximum Gasteiger partial charge on any atom is 0.151 e. The van der Waals surface area contributed by atoms with E-state index in [1.807, 2.05) is 12.1 Å². The van der Waals surface area contributed by atoms with Crippen LogP contribution in [0.15, 0.2) is 40.9 Å². The fraction of sp³-hybridized carbons (Fsp3) is 0.278. The smallest absolute Gasteiger partial charge is 0.151 e. The van der Waals surface area contributed by atoms with Crippen molar-refractivity contribution >= 4 is 27.5 Å². The molecule has 2 rings (SSSR count). The summed E-state index contributed by atoms with van der Waals surface area (Å²) in [6.45, 7) is 2.89. The molecule has 2 aromatic rings. The van der Waals surface area contributed by atoms with Gasteiger partial charge in [-0.25, -0.2) is 0 Å². The lowest BCUT2D eigenvalue weighted by atomic mass is 10.1. The van der Waals surface area contributed by atoms with Crippen molar-refractivity contribution in [3.63, 3.8) is 0 Å². The zero-order chi connectivity index (χ0) is 16.7. The molecule has 0 saturated heterocycles. The minimum absolute atomic E-state index is 0.339. The van der Waals surface area contributed by atoms with Gasteiger partial charge in [0, 0.05) is 5.02 Å². The normalized spacial score (nSPS) is 10.2. The molecule has 0 radical (unpaired) electrons. The van der Waals surface area contributed by atoms with E-state index < -0.39 is 0 Å². The Morgan fingerprint density at radius 1 is 1.13 bits per heavy atom. The second-order valence-corrected chi connectivity index (χ2v) is 6.26. The molecule has 2 aromatic carbocycles. The summed E-state index contributed by atoms with van der Waals surface area (Å²) in [4.78, 5) is 0. The van der Waals surface area contributed by atoms with Gasteiger partial charge in [-0.3, -0.25) is 0 Å². The van der Waals surface area contributed by atoms with Crippen LogP contribution in [0.25, 0.3) is 0 Å². The fourth-order valence-corrected chi connectivity index (χ4v) is 3.06. The first-order valence-electron chi connectivity index (χ1n) is 7.37. The Labute approximate surface area is 149 Å². The zero-order valence-corrected chi connectivity index (χ0v) is 15.2. The van der Waals surface area contributed by atoms with Crippen LogP contribution in [0.3, 0.4) is 0 Å². The highest BCUT2D eigenvalue weighted by molar-refractivity contribution is 9.10. The van der Waals surface area contributed by atoms with Crippen LogP contribution in [-0.2, 0) is 6.42 Å². The van der Waals surface area contributed by atoms with Gasteiger partial charge >= 0.3 is 0 Å². The van der Waals surface area contributed by atoms with E-state index >= 15 is 0 Å². The van der Waals surface area contributed by atoms with Gasteiger partial charge in [0.15, 0.2) is 5.75 Å². The molecule has 0 aliphatic rings. The lowest BCUT2D eigenvalue weighted by molar-refractivity contribution is 0.216. The quantitative estimate of drug-likeness (QED) is 0.592. The molecule has 0 N–H and O–H groups in total. The number of nitriles is 1. The van der Waals surface area contributed by atoms with E-state index in [-0.39, 0.29) is 0 Å². The van der Waals surface area contributed by atoms with Crippen molar-refractivity contribution in [2.24, 2.45) is 0 Å². The third kappa shape index (κ3) is 5.16. The van der Waals surface area contributed by atoms with Gasteiger partial charge in [0.2, 0.25) is 0 Å². The maximum atomic E-state index is 9.13. The van der Waals surface area contributed by atoms with Gasteiger partial charge in [0.05, 0.1) is 10.0 Å². The van der Waals surface area contributed by atoms with Crippen molar-refractivity contribution in [2.75, 3.05) is 13.2 Å². The summed E-state index contributed by atoms with van der Waals surface area (Å²) in [6.07, 6.45) is 2.20. The third-order valence-electron chi connectivity index (χ3n) is 3.19. The van der Waals surface area contributed by atoms with E-state index in [0.29, 0.717) is 34.0 Å². The third-order valence-corrected chi connectivity index (χ3v) is 4.00. The monoisotopic (exact) mass is 393 g/mol. The summed E-state index contributed by atoms with van der Waals surface area (Å²) >= 11 is 9.27. The average molecular weight is 395 g/mol. The van der Waals surface area contributed by atoms with Crippen LogP contribution in [0, 0.1) is 11.3 Å². The first-order chi connectivity index (χ1) is 11.1. The Balaban J connectivity index is 1.87. The first kappa shape index (κ1) is 17.7. The molecule has 23 heavy (non-hydrogen) atoms. The molecule has 0 unspecified atom stereocenters. The molecule has 0 fully saturated rings. The van der Waals surface area contributed by atoms with E-state index in [1.54, 1.807) is 12.1 Å². The Hall–Kier alpha value is -1.70. The van der Waals surface area contributed by atoms with Crippen molar-refractivity contribution in [3.05, 3.63) is 57.0 Å². The van der Waals surface area contributed by atoms with Crippen LogP contribution < -0.4 is 9.47 Å². The number of nitrogens with zero attached hydrogens (tertiary/aromatic N) is 1. The molecule has 0 aliphatic heterocycles. The number of rotatable bonds is 7. The summed E-state index contributed by atoms with van der Waals surface area (Å²) in [5.74, 6) is 1.29. The lowest BCUT2D eigenvalue weighted by Crippen LogP contribution is -2.10. The summed E-state index contributed by atoms with van der Waals surface area (Å²) < 4.78 is 12.0. The van der Waals surface area contributed by atoms with E-state index in [2.05, 4.69) is 41.1 Å². The van der Waals surface area contributed by atoms with Crippen molar-refractivity contribution in [1.29, 1.82) is 5.26 Å². The van der Waals surface area contributed by atoms with Gasteiger partial charge < -0.3 is 9.47 Å². The number of hydrogen-bond donors (Lipinski definition) is 0. The minimum Gasteiger partial charge on any atom is -0.490 e. The molecular formula is C18H17BrClNO2. The number of aryl methyl sites for hydroxylation is 1. The van der Waals surface area contributed by atoms with Crippen LogP contribution in [0.5, 0.6) is 11.5 Å². The zero-order valence-electron chi connectivity index (χ0n) is 12.8. The van der Waals surface area contributed by atoms with Crippen molar-refractivity contribution in [3.8, 4) is 17.6 Å². The summed E-state index contributed by atoms with van der Waals surface area (Å²) in [7, 11) is 0. The molecular weight excluding hydrogens is 378 g/mol. The van der Waals surface area contributed by atoms with Crippen molar-refractivity contribution in [2.45, 2.75) is 19.8 Å². The SMILES string of the molecule is CCCc1ccc(OCCOc2c(Br)cc(Cl)cc2C#N)cc1. The van der Waals surface area contributed by atoms with E-state index in [9.17, 15) is 0 Å². The highest BCUT2D eigenvalue weighted by atomic mass is 79.9. The molecule has 0 saturated carbocycles. The number of halogens is 2. The Bertz CT molecular complexity index is 695. The predicted molar refractivity (Wildman–Crippen MR) is 95.3 cm³/mol. The van der Waals surface area contributed by atoms with Gasteiger partial charge in [-0.15, -0.1) is 0 Å². The van der Waals surface area contributed by atoms with Gasteiger partial charge in [-0.2, -0.15) is 5.26 Å². The molecule has 0 spiro atoms. The van der Waals surface area contributed by atoms with E-state index in [1.165, 1.54) is 5.56 Å². The Morgan fingerprint density at radius 3 is 2.48 bits per heavy atom. The van der Waals surface area contributed by atoms with Crippen LogP contribution in [0.1, 0.15) is 24.5 Å². The number of benzene rings is 2. The van der Waals surface area contributed by atoms with Crippen LogP contribution in [-0.4, -0.2) is 13.2 Å². The molecule has 0 bridgehead atoms. The molecule has 0 aliphatic carbocycles. The van der Waals surface area contributed by atoms with Gasteiger partial charge in [0.1, 0.15) is 25.0 Å². The van der Waals surface area contributed by atoms with Gasteiger partial charge in [0.25, 0.3) is 0 Å².